The van der Waals surface area contributed by atoms with Gasteiger partial charge in [0, 0.05) is 0 Å². The Morgan fingerprint density at radius 1 is 0.609 bits per heavy atom. The van der Waals surface area contributed by atoms with Gasteiger partial charge in [-0.1, -0.05) is 36.4 Å². The fourth-order valence-corrected chi connectivity index (χ4v) is 3.35. The van der Waals surface area contributed by atoms with Crippen LogP contribution in [-0.4, -0.2) is 11.8 Å². The highest BCUT2D eigenvalue weighted by Gasteiger charge is 2.34. The van der Waals surface area contributed by atoms with E-state index in [-0.39, 0.29) is 11.8 Å². The van der Waals surface area contributed by atoms with Crippen LogP contribution in [0.2, 0.25) is 0 Å². The Kier molecular flexibility index (Phi) is 3.64. The molecule has 2 amide bonds. The number of hydrogen-bond donors (Lipinski definition) is 1. The van der Waals surface area contributed by atoms with Gasteiger partial charge in [0.05, 0.1) is 11.1 Å². The average Bonchev–Trinajstić information content (AvgIpc) is 2.74. The molecule has 1 aliphatic heterocycles. The third kappa shape index (κ3) is 2.38. The van der Waals surface area contributed by atoms with E-state index in [9.17, 15) is 9.59 Å². The van der Waals surface area contributed by atoms with E-state index in [1.807, 2.05) is 64.1 Å². The molecule has 0 saturated heterocycles. The van der Waals surface area contributed by atoms with E-state index in [1.165, 1.54) is 0 Å². The quantitative estimate of drug-likeness (QED) is 0.863. The summed E-state index contributed by atoms with van der Waals surface area (Å²) >= 11 is 0. The Labute approximate surface area is 136 Å². The van der Waals surface area contributed by atoms with Crippen molar-refractivity contribution in [2.24, 2.45) is 0 Å². The van der Waals surface area contributed by atoms with E-state index in [0.29, 0.717) is 11.1 Å². The highest BCUT2D eigenvalue weighted by Crippen LogP contribution is 2.36. The molecule has 0 aliphatic carbocycles. The van der Waals surface area contributed by atoms with Crippen molar-refractivity contribution in [2.45, 2.75) is 27.7 Å². The average molecular weight is 305 g/mol. The molecular formula is C20H19NO2. The molecule has 0 aromatic heterocycles. The molecule has 0 fully saturated rings. The molecule has 3 rings (SSSR count). The summed E-state index contributed by atoms with van der Waals surface area (Å²) in [7, 11) is 0. The van der Waals surface area contributed by atoms with Crippen LogP contribution in [0.4, 0.5) is 0 Å². The molecule has 116 valence electrons. The maximum absolute atomic E-state index is 12.5. The lowest BCUT2D eigenvalue weighted by Crippen LogP contribution is -2.23. The van der Waals surface area contributed by atoms with E-state index in [1.54, 1.807) is 0 Å². The molecule has 0 radical (unpaired) electrons. The maximum Gasteiger partial charge on any atom is 0.259 e. The Balaban J connectivity index is 2.41. The minimum Gasteiger partial charge on any atom is -0.288 e. The monoisotopic (exact) mass is 305 g/mol. The first-order valence-corrected chi connectivity index (χ1v) is 7.65. The van der Waals surface area contributed by atoms with Gasteiger partial charge in [-0.15, -0.1) is 0 Å². The normalized spacial score (nSPS) is 14.4. The first-order valence-electron chi connectivity index (χ1n) is 7.65. The summed E-state index contributed by atoms with van der Waals surface area (Å²) in [6.45, 7) is 7.86. The Bertz CT molecular complexity index is 763. The van der Waals surface area contributed by atoms with Gasteiger partial charge in [-0.3, -0.25) is 14.9 Å². The summed E-state index contributed by atoms with van der Waals surface area (Å²) in [6.07, 6.45) is 0. The molecule has 1 N–H and O–H groups in total. The van der Waals surface area contributed by atoms with Crippen LogP contribution in [0.5, 0.6) is 0 Å². The topological polar surface area (TPSA) is 46.2 Å². The van der Waals surface area contributed by atoms with Gasteiger partial charge in [0.1, 0.15) is 0 Å². The number of hydrogen-bond acceptors (Lipinski definition) is 2. The van der Waals surface area contributed by atoms with E-state index >= 15 is 0 Å². The van der Waals surface area contributed by atoms with Gasteiger partial charge in [-0.2, -0.15) is 0 Å². The minimum absolute atomic E-state index is 0.315. The summed E-state index contributed by atoms with van der Waals surface area (Å²) in [5, 5.41) is 2.47. The Morgan fingerprint density at radius 2 is 0.913 bits per heavy atom. The van der Waals surface area contributed by atoms with E-state index in [0.717, 1.165) is 33.4 Å². The lowest BCUT2D eigenvalue weighted by atomic mass is 9.87. The van der Waals surface area contributed by atoms with Crippen LogP contribution in [0.1, 0.15) is 33.4 Å². The second-order valence-corrected chi connectivity index (χ2v) is 6.07. The second-order valence-electron chi connectivity index (χ2n) is 6.07. The molecule has 0 atom stereocenters. The summed E-state index contributed by atoms with van der Waals surface area (Å²) < 4.78 is 0. The van der Waals surface area contributed by atoms with Crippen molar-refractivity contribution < 1.29 is 9.59 Å². The number of aryl methyl sites for hydroxylation is 4. The van der Waals surface area contributed by atoms with Crippen molar-refractivity contribution in [3.05, 3.63) is 69.8 Å². The van der Waals surface area contributed by atoms with E-state index < -0.39 is 0 Å². The molecule has 0 bridgehead atoms. The smallest absolute Gasteiger partial charge is 0.259 e. The lowest BCUT2D eigenvalue weighted by Gasteiger charge is -2.14. The van der Waals surface area contributed by atoms with Gasteiger partial charge in [-0.25, -0.2) is 0 Å². The number of rotatable bonds is 2. The molecule has 0 unspecified atom stereocenters. The van der Waals surface area contributed by atoms with Gasteiger partial charge in [0.15, 0.2) is 0 Å². The zero-order valence-corrected chi connectivity index (χ0v) is 13.8. The third-order valence-electron chi connectivity index (χ3n) is 4.39. The van der Waals surface area contributed by atoms with Crippen molar-refractivity contribution in [1.82, 2.24) is 5.32 Å². The molecule has 1 heterocycles. The number of imide groups is 1. The van der Waals surface area contributed by atoms with Gasteiger partial charge in [-0.05, 0) is 61.1 Å². The molecule has 0 saturated carbocycles. The van der Waals surface area contributed by atoms with Crippen LogP contribution >= 0.6 is 0 Å². The molecule has 3 nitrogen and oxygen atoms in total. The largest absolute Gasteiger partial charge is 0.288 e. The van der Waals surface area contributed by atoms with Crippen molar-refractivity contribution in [3.8, 4) is 0 Å². The lowest BCUT2D eigenvalue weighted by molar-refractivity contribution is -0.122. The zero-order valence-electron chi connectivity index (χ0n) is 13.8. The van der Waals surface area contributed by atoms with Gasteiger partial charge < -0.3 is 0 Å². The van der Waals surface area contributed by atoms with Crippen molar-refractivity contribution in [3.63, 3.8) is 0 Å². The Morgan fingerprint density at radius 3 is 1.22 bits per heavy atom. The highest BCUT2D eigenvalue weighted by molar-refractivity contribution is 6.49. The third-order valence-corrected chi connectivity index (χ3v) is 4.39. The number of benzene rings is 2. The van der Waals surface area contributed by atoms with Crippen molar-refractivity contribution in [2.75, 3.05) is 0 Å². The first kappa shape index (κ1) is 15.2. The van der Waals surface area contributed by atoms with E-state index in [2.05, 4.69) is 5.32 Å². The van der Waals surface area contributed by atoms with Crippen LogP contribution in [-0.2, 0) is 9.59 Å². The number of amides is 2. The van der Waals surface area contributed by atoms with E-state index in [4.69, 9.17) is 0 Å². The molecule has 3 heteroatoms. The van der Waals surface area contributed by atoms with Crippen LogP contribution < -0.4 is 5.32 Å². The summed E-state index contributed by atoms with van der Waals surface area (Å²) in [4.78, 5) is 25.0. The van der Waals surface area contributed by atoms with Crippen molar-refractivity contribution in [1.29, 1.82) is 0 Å². The minimum atomic E-state index is -0.315. The molecule has 2 aromatic carbocycles. The number of carbonyl (C=O) groups excluding carboxylic acids is 2. The molecule has 0 spiro atoms. The zero-order chi connectivity index (χ0) is 16.7. The molecular weight excluding hydrogens is 286 g/mol. The van der Waals surface area contributed by atoms with Crippen LogP contribution in [0.15, 0.2) is 36.4 Å². The first-order chi connectivity index (χ1) is 10.9. The van der Waals surface area contributed by atoms with Crippen LogP contribution in [0.25, 0.3) is 11.1 Å². The second kappa shape index (κ2) is 5.51. The highest BCUT2D eigenvalue weighted by atomic mass is 16.2. The maximum atomic E-state index is 12.5. The van der Waals surface area contributed by atoms with Crippen molar-refractivity contribution >= 4 is 23.0 Å². The number of nitrogens with one attached hydrogen (secondary N) is 1. The predicted molar refractivity (Wildman–Crippen MR) is 91.8 cm³/mol. The van der Waals surface area contributed by atoms with Gasteiger partial charge in [0.25, 0.3) is 11.8 Å². The van der Waals surface area contributed by atoms with Gasteiger partial charge >= 0.3 is 0 Å². The number of carbonyl (C=O) groups is 2. The fourth-order valence-electron chi connectivity index (χ4n) is 3.35. The SMILES string of the molecule is Cc1cccc(C)c1C1=C(c2c(C)cccc2C)C(=O)NC1=O. The summed E-state index contributed by atoms with van der Waals surface area (Å²) in [5.74, 6) is -0.630. The fraction of sp³-hybridized carbons (Fsp3) is 0.200. The molecule has 23 heavy (non-hydrogen) atoms. The Hall–Kier alpha value is -2.68. The standard InChI is InChI=1S/C20H19NO2/c1-11-7-5-8-12(2)15(11)17-18(20(23)21-19(17)22)16-13(3)9-6-10-14(16)4/h5-10H,1-4H3,(H,21,22,23). The van der Waals surface area contributed by atoms with Crippen LogP contribution in [0.3, 0.4) is 0 Å². The molecule has 1 aliphatic rings. The summed E-state index contributed by atoms with van der Waals surface area (Å²) in [6, 6.07) is 11.8. The summed E-state index contributed by atoms with van der Waals surface area (Å²) in [5.41, 5.74) is 6.66. The van der Waals surface area contributed by atoms with Gasteiger partial charge in [0.2, 0.25) is 0 Å². The predicted octanol–water partition coefficient (Wildman–Crippen LogP) is 3.49. The van der Waals surface area contributed by atoms with Crippen LogP contribution in [0, 0.1) is 27.7 Å². The molecule has 2 aromatic rings.